The molecule has 3 amide bonds. The van der Waals surface area contributed by atoms with Crippen LogP contribution in [0.15, 0.2) is 0 Å². The largest absolute Gasteiger partial charge is 0.481 e. The van der Waals surface area contributed by atoms with Crippen LogP contribution in [-0.2, 0) is 24.0 Å². The first kappa shape index (κ1) is 27.4. The number of carboxylic acids is 2. The Morgan fingerprint density at radius 3 is 1.83 bits per heavy atom. The fourth-order valence-electron chi connectivity index (χ4n) is 1.96. The fourth-order valence-corrected chi connectivity index (χ4v) is 2.96. The van der Waals surface area contributed by atoms with Crippen LogP contribution in [-0.4, -0.2) is 87.6 Å². The van der Waals surface area contributed by atoms with Crippen molar-refractivity contribution in [2.24, 2.45) is 5.73 Å². The highest BCUT2D eigenvalue weighted by atomic mass is 32.2. The molecule has 0 saturated carbocycles. The first-order valence-electron chi connectivity index (χ1n) is 8.39. The molecule has 0 aromatic rings. The quantitative estimate of drug-likeness (QED) is 0.132. The molecular weight excluding hydrogens is 444 g/mol. The number of amides is 3. The molecule has 166 valence electrons. The number of carboxylic acid groups (broad SMARTS) is 2. The van der Waals surface area contributed by atoms with Gasteiger partial charge < -0.3 is 31.9 Å². The van der Waals surface area contributed by atoms with Crippen molar-refractivity contribution in [1.29, 1.82) is 0 Å². The summed E-state index contributed by atoms with van der Waals surface area (Å²) in [5, 5.41) is 24.7. The second kappa shape index (κ2) is 14.4. The van der Waals surface area contributed by atoms with Crippen LogP contribution in [0.25, 0.3) is 0 Å². The molecule has 0 unspecified atom stereocenters. The lowest BCUT2D eigenvalue weighted by atomic mass is 10.1. The molecule has 0 heterocycles. The fraction of sp³-hybridized carbons (Fsp3) is 0.667. The minimum Gasteiger partial charge on any atom is -0.481 e. The maximum absolute atomic E-state index is 12.4. The molecule has 11 nitrogen and oxygen atoms in total. The lowest BCUT2D eigenvalue weighted by Crippen LogP contribution is -2.58. The third-order valence-corrected chi connectivity index (χ3v) is 4.97. The summed E-state index contributed by atoms with van der Waals surface area (Å²) in [4.78, 5) is 58.8. The van der Waals surface area contributed by atoms with Crippen LogP contribution in [0.5, 0.6) is 0 Å². The zero-order valence-electron chi connectivity index (χ0n) is 15.7. The molecule has 0 fully saturated rings. The third kappa shape index (κ3) is 10.6. The number of rotatable bonds is 14. The Balaban J connectivity index is 5.13. The van der Waals surface area contributed by atoms with Crippen molar-refractivity contribution in [3.8, 4) is 0 Å². The van der Waals surface area contributed by atoms with E-state index >= 15 is 0 Å². The Morgan fingerprint density at radius 2 is 1.38 bits per heavy atom. The highest BCUT2D eigenvalue weighted by Gasteiger charge is 2.30. The molecule has 0 rings (SSSR count). The van der Waals surface area contributed by atoms with E-state index < -0.39 is 60.2 Å². The molecule has 0 aromatic carbocycles. The summed E-state index contributed by atoms with van der Waals surface area (Å²) in [6.45, 7) is 0. The van der Waals surface area contributed by atoms with E-state index in [0.29, 0.717) is 12.2 Å². The molecule has 14 heteroatoms. The summed E-state index contributed by atoms with van der Waals surface area (Å²) < 4.78 is 0. The maximum Gasteiger partial charge on any atom is 0.327 e. The Hall–Kier alpha value is -1.64. The minimum atomic E-state index is -1.48. The molecule has 0 aliphatic carbocycles. The minimum absolute atomic E-state index is 0.181. The van der Waals surface area contributed by atoms with Gasteiger partial charge in [-0.1, -0.05) is 0 Å². The lowest BCUT2D eigenvalue weighted by molar-refractivity contribution is -0.142. The van der Waals surface area contributed by atoms with Crippen LogP contribution in [0.1, 0.15) is 12.8 Å². The SMILES string of the molecule is CSCC[C@H](N)C(=O)N[C@@H](CC(=O)O)C(=O)N[C@@H](CS)C(=O)N[C@@H](CS)C(=O)O. The van der Waals surface area contributed by atoms with E-state index in [-0.39, 0.29) is 11.5 Å². The normalized spacial score (nSPS) is 14.8. The smallest absolute Gasteiger partial charge is 0.327 e. The number of hydrogen-bond donors (Lipinski definition) is 8. The Morgan fingerprint density at radius 1 is 0.897 bits per heavy atom. The molecule has 29 heavy (non-hydrogen) atoms. The van der Waals surface area contributed by atoms with E-state index in [1.54, 1.807) is 0 Å². The van der Waals surface area contributed by atoms with Crippen LogP contribution >= 0.6 is 37.0 Å². The first-order chi connectivity index (χ1) is 13.6. The van der Waals surface area contributed by atoms with Crippen molar-refractivity contribution in [3.63, 3.8) is 0 Å². The predicted molar refractivity (Wildman–Crippen MR) is 114 cm³/mol. The zero-order valence-corrected chi connectivity index (χ0v) is 18.3. The van der Waals surface area contributed by atoms with Crippen molar-refractivity contribution in [3.05, 3.63) is 0 Å². The van der Waals surface area contributed by atoms with Gasteiger partial charge in [0.2, 0.25) is 17.7 Å². The van der Waals surface area contributed by atoms with Crippen LogP contribution in [0.4, 0.5) is 0 Å². The Labute approximate surface area is 183 Å². The molecule has 0 spiro atoms. The van der Waals surface area contributed by atoms with Gasteiger partial charge in [0.1, 0.15) is 18.1 Å². The van der Waals surface area contributed by atoms with E-state index in [0.717, 1.165) is 0 Å². The van der Waals surface area contributed by atoms with Gasteiger partial charge in [-0.25, -0.2) is 4.79 Å². The second-order valence-corrected chi connectivity index (χ2v) is 7.59. The van der Waals surface area contributed by atoms with Crippen LogP contribution < -0.4 is 21.7 Å². The zero-order chi connectivity index (χ0) is 22.6. The number of carbonyl (C=O) groups excluding carboxylic acids is 3. The summed E-state index contributed by atoms with van der Waals surface area (Å²) >= 11 is 9.24. The molecular formula is C15H26N4O7S3. The molecule has 0 radical (unpaired) electrons. The summed E-state index contributed by atoms with van der Waals surface area (Å²) in [5.74, 6) is -4.92. The molecule has 7 N–H and O–H groups in total. The topological polar surface area (TPSA) is 188 Å². The van der Waals surface area contributed by atoms with E-state index in [4.69, 9.17) is 15.9 Å². The van der Waals surface area contributed by atoms with Crippen LogP contribution in [0.3, 0.4) is 0 Å². The van der Waals surface area contributed by atoms with E-state index in [1.807, 2.05) is 6.26 Å². The summed E-state index contributed by atoms with van der Waals surface area (Å²) in [7, 11) is 0. The Kier molecular flexibility index (Phi) is 13.5. The molecule has 0 aliphatic rings. The standard InChI is InChI=1S/C15H26N4O7S3/c1-29-3-2-7(16)12(22)17-8(4-11(20)21)13(23)18-9(5-27)14(24)19-10(6-28)15(25)26/h7-10,27-28H,2-6,16H2,1H3,(H,17,22)(H,18,23)(H,19,24)(H,20,21)(H,25,26)/t7-,8-,9-,10-/m0/s1. The lowest BCUT2D eigenvalue weighted by Gasteiger charge is -2.23. The number of aliphatic carboxylic acids is 2. The van der Waals surface area contributed by atoms with Crippen molar-refractivity contribution < 1.29 is 34.2 Å². The Bertz CT molecular complexity index is 608. The van der Waals surface area contributed by atoms with Gasteiger partial charge in [0.05, 0.1) is 12.5 Å². The number of carbonyl (C=O) groups is 5. The monoisotopic (exact) mass is 470 g/mol. The van der Waals surface area contributed by atoms with Crippen molar-refractivity contribution in [1.82, 2.24) is 16.0 Å². The van der Waals surface area contributed by atoms with Gasteiger partial charge in [0.25, 0.3) is 0 Å². The number of nitrogens with one attached hydrogen (secondary N) is 3. The third-order valence-electron chi connectivity index (χ3n) is 3.59. The van der Waals surface area contributed by atoms with Gasteiger partial charge in [0, 0.05) is 11.5 Å². The number of nitrogens with two attached hydrogens (primary N) is 1. The van der Waals surface area contributed by atoms with Gasteiger partial charge in [-0.15, -0.1) is 0 Å². The maximum atomic E-state index is 12.4. The molecule has 0 bridgehead atoms. The van der Waals surface area contributed by atoms with Crippen LogP contribution in [0, 0.1) is 0 Å². The van der Waals surface area contributed by atoms with Gasteiger partial charge in [0.15, 0.2) is 0 Å². The van der Waals surface area contributed by atoms with Gasteiger partial charge in [-0.05, 0) is 18.4 Å². The van der Waals surface area contributed by atoms with E-state index in [2.05, 4.69) is 41.2 Å². The summed E-state index contributed by atoms with van der Waals surface area (Å²) in [5.41, 5.74) is 5.71. The highest BCUT2D eigenvalue weighted by molar-refractivity contribution is 7.98. The predicted octanol–water partition coefficient (Wildman–Crippen LogP) is -2.06. The highest BCUT2D eigenvalue weighted by Crippen LogP contribution is 2.02. The van der Waals surface area contributed by atoms with Crippen molar-refractivity contribution in [2.75, 3.05) is 23.5 Å². The van der Waals surface area contributed by atoms with Gasteiger partial charge in [-0.2, -0.15) is 37.0 Å². The van der Waals surface area contributed by atoms with Gasteiger partial charge in [-0.3, -0.25) is 19.2 Å². The molecule has 0 aliphatic heterocycles. The first-order valence-corrected chi connectivity index (χ1v) is 11.0. The van der Waals surface area contributed by atoms with E-state index in [9.17, 15) is 24.0 Å². The molecule has 4 atom stereocenters. The van der Waals surface area contributed by atoms with Crippen LogP contribution in [0.2, 0.25) is 0 Å². The molecule has 0 aromatic heterocycles. The summed E-state index contributed by atoms with van der Waals surface area (Å²) in [6.07, 6.45) is 1.43. The average Bonchev–Trinajstić information content (AvgIpc) is 2.66. The summed E-state index contributed by atoms with van der Waals surface area (Å²) in [6, 6.07) is -4.95. The van der Waals surface area contributed by atoms with Gasteiger partial charge >= 0.3 is 11.9 Å². The number of thiol groups is 2. The second-order valence-electron chi connectivity index (χ2n) is 5.87. The average molecular weight is 471 g/mol. The van der Waals surface area contributed by atoms with Crippen molar-refractivity contribution >= 4 is 66.7 Å². The molecule has 0 saturated heterocycles. The van der Waals surface area contributed by atoms with Crippen molar-refractivity contribution in [2.45, 2.75) is 37.0 Å². The van der Waals surface area contributed by atoms with E-state index in [1.165, 1.54) is 11.8 Å². The number of thioether (sulfide) groups is 1. The number of hydrogen-bond acceptors (Lipinski definition) is 9.